The summed E-state index contributed by atoms with van der Waals surface area (Å²) in [6, 6.07) is 8.40. The van der Waals surface area contributed by atoms with E-state index in [0.29, 0.717) is 11.6 Å². The van der Waals surface area contributed by atoms with Crippen LogP contribution < -0.4 is 0 Å². The van der Waals surface area contributed by atoms with E-state index in [9.17, 15) is 0 Å². The summed E-state index contributed by atoms with van der Waals surface area (Å²) in [7, 11) is 0. The van der Waals surface area contributed by atoms with E-state index in [1.165, 1.54) is 16.5 Å². The van der Waals surface area contributed by atoms with Crippen LogP contribution in [-0.2, 0) is 0 Å². The average molecular weight is 236 g/mol. The lowest BCUT2D eigenvalue weighted by Crippen LogP contribution is -2.02. The van der Waals surface area contributed by atoms with Crippen LogP contribution in [0.15, 0.2) is 54.3 Å². The Morgan fingerprint density at radius 1 is 1.33 bits per heavy atom. The SMILES string of the molecule is CC(=N)C1=CCC(c2c[nH]c3ccccc23)C=C1. The van der Waals surface area contributed by atoms with Crippen LogP contribution in [0.1, 0.15) is 24.8 Å². The summed E-state index contributed by atoms with van der Waals surface area (Å²) in [5, 5.41) is 8.94. The fourth-order valence-electron chi connectivity index (χ4n) is 2.53. The lowest BCUT2D eigenvalue weighted by molar-refractivity contribution is 0.857. The zero-order valence-corrected chi connectivity index (χ0v) is 10.4. The first-order valence-corrected chi connectivity index (χ1v) is 6.25. The molecule has 0 aliphatic heterocycles. The Kier molecular flexibility index (Phi) is 2.63. The molecule has 1 aromatic heterocycles. The summed E-state index contributed by atoms with van der Waals surface area (Å²) in [4.78, 5) is 3.32. The van der Waals surface area contributed by atoms with Crippen LogP contribution in [-0.4, -0.2) is 10.7 Å². The predicted octanol–water partition coefficient (Wildman–Crippen LogP) is 4.18. The average Bonchev–Trinajstić information content (AvgIpc) is 2.82. The Labute approximate surface area is 107 Å². The van der Waals surface area contributed by atoms with E-state index in [2.05, 4.69) is 53.7 Å². The lowest BCUT2D eigenvalue weighted by Gasteiger charge is -2.15. The van der Waals surface area contributed by atoms with Crippen LogP contribution in [0, 0.1) is 5.41 Å². The molecule has 0 spiro atoms. The van der Waals surface area contributed by atoms with Gasteiger partial charge in [-0.2, -0.15) is 0 Å². The van der Waals surface area contributed by atoms with Gasteiger partial charge < -0.3 is 10.4 Å². The Morgan fingerprint density at radius 3 is 2.89 bits per heavy atom. The molecule has 0 saturated heterocycles. The van der Waals surface area contributed by atoms with Gasteiger partial charge in [0.1, 0.15) is 0 Å². The Morgan fingerprint density at radius 2 is 2.17 bits per heavy atom. The number of hydrogen-bond donors (Lipinski definition) is 2. The van der Waals surface area contributed by atoms with Gasteiger partial charge in [0.05, 0.1) is 0 Å². The molecule has 0 fully saturated rings. The molecule has 90 valence electrons. The standard InChI is InChI=1S/C16H16N2/c1-11(17)12-6-8-13(9-7-12)15-10-18-16-5-3-2-4-14(15)16/h2-8,10,13,17-18H,9H2,1H3. The second-order valence-corrected chi connectivity index (χ2v) is 4.78. The summed E-state index contributed by atoms with van der Waals surface area (Å²) in [5.74, 6) is 0.421. The number of fused-ring (bicyclic) bond motifs is 1. The van der Waals surface area contributed by atoms with Crippen molar-refractivity contribution in [3.63, 3.8) is 0 Å². The molecule has 0 radical (unpaired) electrons. The number of allylic oxidation sites excluding steroid dienone is 4. The third kappa shape index (κ3) is 1.80. The van der Waals surface area contributed by atoms with E-state index in [-0.39, 0.29) is 0 Å². The number of aromatic amines is 1. The molecule has 3 rings (SSSR count). The second-order valence-electron chi connectivity index (χ2n) is 4.78. The van der Waals surface area contributed by atoms with Crippen LogP contribution in [0.5, 0.6) is 0 Å². The minimum atomic E-state index is 0.421. The van der Waals surface area contributed by atoms with Crippen LogP contribution in [0.2, 0.25) is 0 Å². The van der Waals surface area contributed by atoms with Gasteiger partial charge in [-0.3, -0.25) is 0 Å². The van der Waals surface area contributed by atoms with E-state index in [1.807, 2.05) is 6.92 Å². The van der Waals surface area contributed by atoms with Crippen LogP contribution >= 0.6 is 0 Å². The predicted molar refractivity (Wildman–Crippen MR) is 76.3 cm³/mol. The van der Waals surface area contributed by atoms with Crippen molar-refractivity contribution in [3.05, 3.63) is 59.8 Å². The zero-order valence-electron chi connectivity index (χ0n) is 10.4. The summed E-state index contributed by atoms with van der Waals surface area (Å²) in [6.07, 6.45) is 9.52. The first kappa shape index (κ1) is 11.0. The Bertz CT molecular complexity index is 659. The molecule has 0 bridgehead atoms. The van der Waals surface area contributed by atoms with Crippen molar-refractivity contribution in [3.8, 4) is 0 Å². The van der Waals surface area contributed by atoms with Crippen molar-refractivity contribution in [2.24, 2.45) is 0 Å². The van der Waals surface area contributed by atoms with Crippen molar-refractivity contribution in [1.82, 2.24) is 4.98 Å². The van der Waals surface area contributed by atoms with E-state index in [4.69, 9.17) is 5.41 Å². The summed E-state index contributed by atoms with van der Waals surface area (Å²) < 4.78 is 0. The second kappa shape index (κ2) is 4.30. The molecular weight excluding hydrogens is 220 g/mol. The summed E-state index contributed by atoms with van der Waals surface area (Å²) in [6.45, 7) is 1.84. The maximum atomic E-state index is 7.63. The van der Waals surface area contributed by atoms with Crippen molar-refractivity contribution in [2.75, 3.05) is 0 Å². The van der Waals surface area contributed by atoms with Crippen molar-refractivity contribution in [1.29, 1.82) is 5.41 Å². The molecule has 0 amide bonds. The Hall–Kier alpha value is -2.09. The molecule has 2 heteroatoms. The number of hydrogen-bond acceptors (Lipinski definition) is 1. The minimum absolute atomic E-state index is 0.421. The van der Waals surface area contributed by atoms with Gasteiger partial charge in [-0.15, -0.1) is 0 Å². The normalized spacial score (nSPS) is 18.9. The fraction of sp³-hybridized carbons (Fsp3) is 0.188. The van der Waals surface area contributed by atoms with Gasteiger partial charge in [0, 0.05) is 28.7 Å². The van der Waals surface area contributed by atoms with E-state index >= 15 is 0 Å². The van der Waals surface area contributed by atoms with Gasteiger partial charge in [0.25, 0.3) is 0 Å². The lowest BCUT2D eigenvalue weighted by atomic mass is 9.89. The van der Waals surface area contributed by atoms with Gasteiger partial charge in [0.15, 0.2) is 0 Å². The molecular formula is C16H16N2. The van der Waals surface area contributed by atoms with Gasteiger partial charge in [-0.1, -0.05) is 36.4 Å². The highest BCUT2D eigenvalue weighted by atomic mass is 14.7. The van der Waals surface area contributed by atoms with E-state index in [1.54, 1.807) is 0 Å². The van der Waals surface area contributed by atoms with E-state index in [0.717, 1.165) is 12.0 Å². The first-order chi connectivity index (χ1) is 8.75. The molecule has 1 aliphatic carbocycles. The molecule has 2 aromatic rings. The van der Waals surface area contributed by atoms with E-state index < -0.39 is 0 Å². The minimum Gasteiger partial charge on any atom is -0.361 e. The van der Waals surface area contributed by atoms with Gasteiger partial charge in [-0.05, 0) is 30.5 Å². The van der Waals surface area contributed by atoms with Crippen molar-refractivity contribution >= 4 is 16.6 Å². The van der Waals surface area contributed by atoms with Crippen LogP contribution in [0.3, 0.4) is 0 Å². The molecule has 2 N–H and O–H groups in total. The van der Waals surface area contributed by atoms with Crippen LogP contribution in [0.4, 0.5) is 0 Å². The molecule has 1 atom stereocenters. The number of benzene rings is 1. The summed E-state index contributed by atoms with van der Waals surface area (Å²) >= 11 is 0. The highest BCUT2D eigenvalue weighted by molar-refractivity contribution is 5.98. The third-order valence-electron chi connectivity index (χ3n) is 3.55. The number of nitrogens with one attached hydrogen (secondary N) is 2. The molecule has 1 unspecified atom stereocenters. The number of rotatable bonds is 2. The first-order valence-electron chi connectivity index (χ1n) is 6.25. The van der Waals surface area contributed by atoms with Crippen molar-refractivity contribution < 1.29 is 0 Å². The Balaban J connectivity index is 1.94. The van der Waals surface area contributed by atoms with Gasteiger partial charge in [0.2, 0.25) is 0 Å². The fourth-order valence-corrected chi connectivity index (χ4v) is 2.53. The van der Waals surface area contributed by atoms with Gasteiger partial charge >= 0.3 is 0 Å². The highest BCUT2D eigenvalue weighted by Gasteiger charge is 2.15. The monoisotopic (exact) mass is 236 g/mol. The maximum absolute atomic E-state index is 7.63. The van der Waals surface area contributed by atoms with Crippen LogP contribution in [0.25, 0.3) is 10.9 Å². The molecule has 0 saturated carbocycles. The third-order valence-corrected chi connectivity index (χ3v) is 3.55. The smallest absolute Gasteiger partial charge is 0.0457 e. The number of H-pyrrole nitrogens is 1. The molecule has 18 heavy (non-hydrogen) atoms. The van der Waals surface area contributed by atoms with Gasteiger partial charge in [-0.25, -0.2) is 0 Å². The summed E-state index contributed by atoms with van der Waals surface area (Å²) in [5.41, 5.74) is 4.23. The highest BCUT2D eigenvalue weighted by Crippen LogP contribution is 2.32. The number of aromatic nitrogens is 1. The molecule has 1 aliphatic rings. The quantitative estimate of drug-likeness (QED) is 0.734. The molecule has 1 aromatic carbocycles. The molecule has 1 heterocycles. The zero-order chi connectivity index (χ0) is 12.5. The number of para-hydroxylation sites is 1. The largest absolute Gasteiger partial charge is 0.361 e. The van der Waals surface area contributed by atoms with Crippen molar-refractivity contribution in [2.45, 2.75) is 19.3 Å². The topological polar surface area (TPSA) is 39.6 Å². The maximum Gasteiger partial charge on any atom is 0.0457 e. The molecule has 2 nitrogen and oxygen atoms in total.